The smallest absolute Gasteiger partial charge is 0.790 e. The number of hydrogen-bond acceptors (Lipinski definition) is 7. The Morgan fingerprint density at radius 1 is 1.05 bits per heavy atom. The molecule has 0 aromatic rings. The fourth-order valence-corrected chi connectivity index (χ4v) is 2.80. The van der Waals surface area contributed by atoms with Gasteiger partial charge >= 0.3 is 154 Å². The predicted octanol–water partition coefficient (Wildman–Crippen LogP) is -8.45. The first-order chi connectivity index (χ1) is 7.70. The molecule has 0 spiro atoms. The molecule has 0 amide bonds. The van der Waals surface area contributed by atoms with Gasteiger partial charge in [-0.05, 0) is 12.3 Å². The van der Waals surface area contributed by atoms with Crippen LogP contribution in [0.1, 0.15) is 39.5 Å². The summed E-state index contributed by atoms with van der Waals surface area (Å²) in [6, 6.07) is 0. The van der Waals surface area contributed by atoms with Gasteiger partial charge in [0.2, 0.25) is 0 Å². The van der Waals surface area contributed by atoms with Crippen molar-refractivity contribution in [2.24, 2.45) is 5.92 Å². The molecule has 0 saturated heterocycles. The molecule has 0 aliphatic rings. The topological polar surface area (TPSA) is 122 Å². The van der Waals surface area contributed by atoms with Crippen LogP contribution in [0.4, 0.5) is 0 Å². The number of hydrogen-bond donors (Lipinski definition) is 0. The molecular weight excluding hydrogens is 387 g/mol. The summed E-state index contributed by atoms with van der Waals surface area (Å²) in [7, 11) is -10.6. The van der Waals surface area contributed by atoms with Crippen molar-refractivity contribution in [3.63, 3.8) is 0 Å². The summed E-state index contributed by atoms with van der Waals surface area (Å²) in [6.45, 7) is 3.70. The van der Waals surface area contributed by atoms with Gasteiger partial charge in [0.15, 0.2) is 0 Å². The van der Waals surface area contributed by atoms with Crippen LogP contribution in [0.25, 0.3) is 0 Å². The second-order valence-corrected chi connectivity index (χ2v) is 6.39. The van der Waals surface area contributed by atoms with Crippen LogP contribution in [0.15, 0.2) is 0 Å². The van der Waals surface area contributed by atoms with E-state index in [4.69, 9.17) is 0 Å². The molecule has 2 atom stereocenters. The Morgan fingerprint density at radius 2 is 1.55 bits per heavy atom. The van der Waals surface area contributed by atoms with E-state index in [1.165, 1.54) is 0 Å². The fraction of sp³-hybridized carbons (Fsp3) is 1.00. The Hall–Kier alpha value is 5.17. The largest absolute Gasteiger partial charge is 1.00 e. The SMILES string of the molecule is CCCCC(CC)COP(=O)([O-])OP(=O)([O-])[O-].[K+].[K+].[K+]. The molecule has 0 rings (SSSR count). The monoisotopic (exact) mass is 404 g/mol. The van der Waals surface area contributed by atoms with Gasteiger partial charge in [-0.15, -0.1) is 0 Å². The van der Waals surface area contributed by atoms with Crippen LogP contribution in [-0.2, 0) is 18.0 Å². The minimum atomic E-state index is -5.58. The van der Waals surface area contributed by atoms with Gasteiger partial charge in [0, 0.05) is 0 Å². The second kappa shape index (κ2) is 17.6. The van der Waals surface area contributed by atoms with Gasteiger partial charge in [-0.25, -0.2) is 0 Å². The van der Waals surface area contributed by atoms with Gasteiger partial charge in [-0.2, -0.15) is 0 Å². The third-order valence-electron chi connectivity index (χ3n) is 2.21. The van der Waals surface area contributed by atoms with E-state index in [2.05, 4.69) is 8.83 Å². The van der Waals surface area contributed by atoms with Gasteiger partial charge < -0.3 is 23.8 Å². The maximum atomic E-state index is 11.0. The molecule has 0 fully saturated rings. The zero-order chi connectivity index (χ0) is 13.5. The van der Waals surface area contributed by atoms with Crippen LogP contribution in [0.5, 0.6) is 0 Å². The van der Waals surface area contributed by atoms with E-state index < -0.39 is 15.6 Å². The van der Waals surface area contributed by atoms with Crippen LogP contribution in [-0.4, -0.2) is 6.61 Å². The van der Waals surface area contributed by atoms with Crippen molar-refractivity contribution >= 4 is 15.6 Å². The van der Waals surface area contributed by atoms with Crippen LogP contribution < -0.4 is 169 Å². The molecule has 12 heteroatoms. The van der Waals surface area contributed by atoms with Gasteiger partial charge in [0.25, 0.3) is 7.82 Å². The average Bonchev–Trinajstić information content (AvgIpc) is 2.14. The van der Waals surface area contributed by atoms with Crippen molar-refractivity contribution in [3.8, 4) is 0 Å². The molecule has 20 heavy (non-hydrogen) atoms. The standard InChI is InChI=1S/C8H20O7P2.3K/c1-3-5-6-8(4-2)7-14-17(12,13)15-16(9,10)11;;;/h8H,3-7H2,1-2H3,(H,12,13)(H2,9,10,11);;;/q;3*+1/p-3. The van der Waals surface area contributed by atoms with Crippen molar-refractivity contribution in [2.45, 2.75) is 39.5 Å². The van der Waals surface area contributed by atoms with E-state index in [1.54, 1.807) is 0 Å². The molecule has 0 saturated carbocycles. The summed E-state index contributed by atoms with van der Waals surface area (Å²) in [6.07, 6.45) is 3.37. The summed E-state index contributed by atoms with van der Waals surface area (Å²) in [5.41, 5.74) is 0. The fourth-order valence-electron chi connectivity index (χ4n) is 1.24. The van der Waals surface area contributed by atoms with Gasteiger partial charge in [-0.1, -0.05) is 33.1 Å². The quantitative estimate of drug-likeness (QED) is 0.276. The van der Waals surface area contributed by atoms with E-state index in [-0.39, 0.29) is 167 Å². The molecule has 0 radical (unpaired) electrons. The molecule has 0 aromatic heterocycles. The minimum absolute atomic E-state index is 0. The minimum Gasteiger partial charge on any atom is -0.790 e. The zero-order valence-electron chi connectivity index (χ0n) is 12.9. The molecule has 7 nitrogen and oxygen atoms in total. The van der Waals surface area contributed by atoms with Crippen molar-refractivity contribution in [3.05, 3.63) is 0 Å². The molecule has 104 valence electrons. The molecule has 0 heterocycles. The molecule has 0 bridgehead atoms. The van der Waals surface area contributed by atoms with Crippen molar-refractivity contribution in [1.82, 2.24) is 0 Å². The van der Waals surface area contributed by atoms with Crippen LogP contribution >= 0.6 is 15.6 Å². The number of rotatable bonds is 9. The van der Waals surface area contributed by atoms with Gasteiger partial charge in [-0.3, -0.25) is 8.88 Å². The average molecular weight is 404 g/mol. The number of phosphoric ester groups is 1. The molecule has 0 aromatic carbocycles. The van der Waals surface area contributed by atoms with E-state index in [9.17, 15) is 23.8 Å². The summed E-state index contributed by atoms with van der Waals surface area (Å²) in [5.74, 6) is -0.00138. The summed E-state index contributed by atoms with van der Waals surface area (Å²) < 4.78 is 28.8. The van der Waals surface area contributed by atoms with Crippen molar-refractivity contribution < 1.29 is 187 Å². The van der Waals surface area contributed by atoms with Gasteiger partial charge in [0.1, 0.15) is 0 Å². The molecular formula is C8H17K3O7P2. The first kappa shape index (κ1) is 32.8. The van der Waals surface area contributed by atoms with Crippen LogP contribution in [0.3, 0.4) is 0 Å². The normalized spacial score (nSPS) is 15.1. The Labute approximate surface area is 248 Å². The molecule has 0 aliphatic carbocycles. The second-order valence-electron chi connectivity index (χ2n) is 3.69. The first-order valence-electron chi connectivity index (χ1n) is 5.39. The Bertz CT molecular complexity index is 312. The summed E-state index contributed by atoms with van der Waals surface area (Å²) in [4.78, 5) is 31.2. The Kier molecular flexibility index (Phi) is 28.8. The third kappa shape index (κ3) is 21.2. The maximum Gasteiger partial charge on any atom is 1.00 e. The van der Waals surface area contributed by atoms with E-state index in [1.807, 2.05) is 13.8 Å². The number of phosphoric acid groups is 2. The van der Waals surface area contributed by atoms with E-state index in [0.29, 0.717) is 6.42 Å². The van der Waals surface area contributed by atoms with Crippen molar-refractivity contribution in [1.29, 1.82) is 0 Å². The summed E-state index contributed by atoms with van der Waals surface area (Å²) >= 11 is 0. The zero-order valence-corrected chi connectivity index (χ0v) is 24.0. The van der Waals surface area contributed by atoms with Crippen LogP contribution in [0.2, 0.25) is 0 Å². The predicted molar refractivity (Wildman–Crippen MR) is 55.6 cm³/mol. The van der Waals surface area contributed by atoms with E-state index in [0.717, 1.165) is 19.3 Å². The summed E-state index contributed by atoms with van der Waals surface area (Å²) in [5, 5.41) is 0. The van der Waals surface area contributed by atoms with E-state index >= 15 is 0 Å². The van der Waals surface area contributed by atoms with Crippen molar-refractivity contribution in [2.75, 3.05) is 6.61 Å². The third-order valence-corrected chi connectivity index (χ3v) is 4.28. The van der Waals surface area contributed by atoms with Crippen LogP contribution in [0, 0.1) is 5.92 Å². The maximum absolute atomic E-state index is 11.0. The Balaban J connectivity index is -0.000000427. The molecule has 0 N–H and O–H groups in total. The Morgan fingerprint density at radius 3 is 1.90 bits per heavy atom. The first-order valence-corrected chi connectivity index (χ1v) is 8.31. The molecule has 0 aliphatic heterocycles. The molecule has 2 unspecified atom stereocenters. The van der Waals surface area contributed by atoms with Gasteiger partial charge in [0.05, 0.1) is 14.4 Å². The number of unbranched alkanes of at least 4 members (excludes halogenated alkanes) is 1.